The first-order chi connectivity index (χ1) is 18.5. The van der Waals surface area contributed by atoms with Crippen molar-refractivity contribution in [2.24, 2.45) is 11.5 Å². The highest BCUT2D eigenvalue weighted by atomic mass is 16.4. The van der Waals surface area contributed by atoms with Crippen LogP contribution in [-0.4, -0.2) is 85.4 Å². The van der Waals surface area contributed by atoms with Crippen molar-refractivity contribution in [3.63, 3.8) is 0 Å². The zero-order chi connectivity index (χ0) is 28.5. The van der Waals surface area contributed by atoms with Crippen molar-refractivity contribution < 1.29 is 34.2 Å². The van der Waals surface area contributed by atoms with Crippen molar-refractivity contribution in [2.75, 3.05) is 6.54 Å². The van der Waals surface area contributed by atoms with E-state index in [1.165, 1.54) is 35.5 Å². The van der Waals surface area contributed by atoms with Crippen LogP contribution >= 0.6 is 0 Å². The number of imidazole rings is 1. The fourth-order valence-electron chi connectivity index (χ4n) is 4.40. The van der Waals surface area contributed by atoms with Gasteiger partial charge in [-0.15, -0.1) is 0 Å². The minimum Gasteiger partial charge on any atom is -0.508 e. The number of likely N-dealkylation sites (tertiary alicyclic amines) is 1. The number of carboxylic acid groups (broad SMARTS) is 1. The molecule has 0 radical (unpaired) electrons. The molecule has 1 aliphatic heterocycles. The van der Waals surface area contributed by atoms with Crippen molar-refractivity contribution in [1.82, 2.24) is 25.5 Å². The van der Waals surface area contributed by atoms with Gasteiger partial charge >= 0.3 is 5.97 Å². The molecule has 14 heteroatoms. The van der Waals surface area contributed by atoms with E-state index in [1.54, 1.807) is 6.20 Å². The number of carboxylic acids is 1. The topological polar surface area (TPSA) is 234 Å². The molecule has 1 aromatic carbocycles. The summed E-state index contributed by atoms with van der Waals surface area (Å²) >= 11 is 0. The van der Waals surface area contributed by atoms with Crippen LogP contribution in [0.25, 0.3) is 0 Å². The predicted octanol–water partition coefficient (Wildman–Crippen LogP) is -1.46. The minimum absolute atomic E-state index is 0.00518. The maximum atomic E-state index is 13.2. The lowest BCUT2D eigenvalue weighted by atomic mass is 10.0. The average Bonchev–Trinajstić information content (AvgIpc) is 3.59. The molecule has 1 aromatic heterocycles. The van der Waals surface area contributed by atoms with Gasteiger partial charge in [0.1, 0.15) is 23.9 Å². The maximum absolute atomic E-state index is 13.2. The summed E-state index contributed by atoms with van der Waals surface area (Å²) in [6.07, 6.45) is 3.62. The van der Waals surface area contributed by atoms with E-state index in [0.29, 0.717) is 30.6 Å². The molecular weight excluding hydrogens is 510 g/mol. The zero-order valence-electron chi connectivity index (χ0n) is 21.2. The molecule has 4 unspecified atom stereocenters. The molecule has 2 aromatic rings. The Morgan fingerprint density at radius 3 is 2.44 bits per heavy atom. The van der Waals surface area contributed by atoms with Gasteiger partial charge in [-0.05, 0) is 37.0 Å². The van der Waals surface area contributed by atoms with Crippen LogP contribution in [0.15, 0.2) is 36.8 Å². The molecule has 0 bridgehead atoms. The third-order valence-corrected chi connectivity index (χ3v) is 6.45. The fraction of sp³-hybridized carbons (Fsp3) is 0.440. The number of aromatic nitrogens is 2. The van der Waals surface area contributed by atoms with Crippen LogP contribution < -0.4 is 22.1 Å². The normalized spacial score (nSPS) is 17.2. The summed E-state index contributed by atoms with van der Waals surface area (Å²) in [5, 5.41) is 24.0. The van der Waals surface area contributed by atoms with Gasteiger partial charge < -0.3 is 42.2 Å². The van der Waals surface area contributed by atoms with E-state index in [4.69, 9.17) is 11.5 Å². The number of phenolic OH excluding ortho intramolecular Hbond substituents is 1. The third kappa shape index (κ3) is 8.26. The number of amides is 4. The molecule has 1 fully saturated rings. The number of aromatic hydroxyl groups is 1. The summed E-state index contributed by atoms with van der Waals surface area (Å²) < 4.78 is 0. The first-order valence-electron chi connectivity index (χ1n) is 12.5. The number of hydrogen-bond donors (Lipinski definition) is 7. The van der Waals surface area contributed by atoms with Gasteiger partial charge in [-0.1, -0.05) is 12.1 Å². The summed E-state index contributed by atoms with van der Waals surface area (Å²) in [5.41, 5.74) is 12.5. The molecule has 210 valence electrons. The summed E-state index contributed by atoms with van der Waals surface area (Å²) in [6.45, 7) is 0.305. The molecule has 4 atom stereocenters. The van der Waals surface area contributed by atoms with Crippen LogP contribution in [0.4, 0.5) is 0 Å². The quantitative estimate of drug-likeness (QED) is 0.156. The van der Waals surface area contributed by atoms with Crippen molar-refractivity contribution in [3.05, 3.63) is 48.0 Å². The van der Waals surface area contributed by atoms with Crippen LogP contribution in [0, 0.1) is 0 Å². The summed E-state index contributed by atoms with van der Waals surface area (Å²) in [7, 11) is 0. The molecule has 39 heavy (non-hydrogen) atoms. The minimum atomic E-state index is -1.35. The predicted molar refractivity (Wildman–Crippen MR) is 137 cm³/mol. The number of hydrogen-bond acceptors (Lipinski definition) is 8. The van der Waals surface area contributed by atoms with Crippen LogP contribution in [-0.2, 0) is 36.8 Å². The molecular formula is C25H33N7O7. The zero-order valence-corrected chi connectivity index (χ0v) is 21.2. The van der Waals surface area contributed by atoms with E-state index < -0.39 is 53.8 Å². The molecule has 2 heterocycles. The third-order valence-electron chi connectivity index (χ3n) is 6.45. The first-order valence-corrected chi connectivity index (χ1v) is 12.5. The highest BCUT2D eigenvalue weighted by Crippen LogP contribution is 2.20. The molecule has 1 saturated heterocycles. The van der Waals surface area contributed by atoms with Gasteiger partial charge in [0.05, 0.1) is 12.4 Å². The highest BCUT2D eigenvalue weighted by molar-refractivity contribution is 5.94. The summed E-state index contributed by atoms with van der Waals surface area (Å²) in [4.78, 5) is 70.7. The van der Waals surface area contributed by atoms with E-state index in [1.807, 2.05) is 0 Å². The number of rotatable bonds is 13. The highest BCUT2D eigenvalue weighted by Gasteiger charge is 2.38. The Bertz CT molecular complexity index is 1170. The number of primary amides is 1. The number of aliphatic carboxylic acids is 1. The van der Waals surface area contributed by atoms with Gasteiger partial charge in [0, 0.05) is 37.7 Å². The molecule has 9 N–H and O–H groups in total. The lowest BCUT2D eigenvalue weighted by molar-refractivity contribution is -0.143. The smallest absolute Gasteiger partial charge is 0.326 e. The number of carbonyl (C=O) groups excluding carboxylic acids is 4. The van der Waals surface area contributed by atoms with Crippen molar-refractivity contribution in [3.8, 4) is 5.75 Å². The number of nitrogens with one attached hydrogen (secondary N) is 3. The summed E-state index contributed by atoms with van der Waals surface area (Å²) in [6, 6.07) is 1.40. The van der Waals surface area contributed by atoms with Crippen LogP contribution in [0.1, 0.15) is 36.9 Å². The number of H-pyrrole nitrogens is 1. The van der Waals surface area contributed by atoms with Crippen LogP contribution in [0.5, 0.6) is 5.75 Å². The molecule has 3 rings (SSSR count). The number of benzene rings is 1. The van der Waals surface area contributed by atoms with Gasteiger partial charge in [-0.2, -0.15) is 0 Å². The van der Waals surface area contributed by atoms with Gasteiger partial charge in [-0.25, -0.2) is 9.78 Å². The van der Waals surface area contributed by atoms with Gasteiger partial charge in [0.15, 0.2) is 0 Å². The number of nitrogens with zero attached hydrogens (tertiary/aromatic N) is 2. The Kier molecular flexibility index (Phi) is 9.98. The van der Waals surface area contributed by atoms with Gasteiger partial charge in [0.2, 0.25) is 23.6 Å². The van der Waals surface area contributed by atoms with E-state index in [-0.39, 0.29) is 31.4 Å². The second-order valence-corrected chi connectivity index (χ2v) is 9.41. The SMILES string of the molecule is NC(=O)CCC(NC(=O)C1CCCN1C(=O)C(N)Cc1cnc[nH]1)C(=O)NC(Cc1ccc(O)cc1)C(=O)O. The molecule has 0 aliphatic carbocycles. The average molecular weight is 544 g/mol. The molecule has 4 amide bonds. The lowest BCUT2D eigenvalue weighted by Gasteiger charge is -2.28. The Balaban J connectivity index is 1.68. The second-order valence-electron chi connectivity index (χ2n) is 9.41. The maximum Gasteiger partial charge on any atom is 0.326 e. The van der Waals surface area contributed by atoms with Crippen molar-refractivity contribution >= 4 is 29.6 Å². The first kappa shape index (κ1) is 29.1. The van der Waals surface area contributed by atoms with Gasteiger partial charge in [-0.3, -0.25) is 19.2 Å². The Labute approximate surface area is 224 Å². The Morgan fingerprint density at radius 1 is 1.10 bits per heavy atom. The molecule has 1 aliphatic rings. The van der Waals surface area contributed by atoms with Crippen molar-refractivity contribution in [1.29, 1.82) is 0 Å². The number of nitrogens with two attached hydrogens (primary N) is 2. The van der Waals surface area contributed by atoms with E-state index in [2.05, 4.69) is 20.6 Å². The van der Waals surface area contributed by atoms with Gasteiger partial charge in [0.25, 0.3) is 0 Å². The largest absolute Gasteiger partial charge is 0.508 e. The number of phenols is 1. The Hall–Kier alpha value is -4.46. The van der Waals surface area contributed by atoms with Crippen LogP contribution in [0.2, 0.25) is 0 Å². The van der Waals surface area contributed by atoms with Crippen molar-refractivity contribution in [2.45, 2.75) is 62.7 Å². The van der Waals surface area contributed by atoms with E-state index in [9.17, 15) is 34.2 Å². The Morgan fingerprint density at radius 2 is 1.82 bits per heavy atom. The van der Waals surface area contributed by atoms with Crippen LogP contribution in [0.3, 0.4) is 0 Å². The molecule has 0 saturated carbocycles. The number of carbonyl (C=O) groups is 5. The summed E-state index contributed by atoms with van der Waals surface area (Å²) in [5.74, 6) is -3.88. The standard InChI is InChI=1S/C25H33N7O7/c26-17(11-15-12-28-13-29-15)24(37)32-9-1-2-20(32)23(36)30-18(7-8-21(27)34)22(35)31-19(25(38)39)10-14-3-5-16(33)6-4-14/h3-6,12-13,17-20,33H,1-2,7-11,26H2,(H2,27,34)(H,28,29)(H,30,36)(H,31,35)(H,38,39). The lowest BCUT2D eigenvalue weighted by Crippen LogP contribution is -2.57. The molecule has 14 nitrogen and oxygen atoms in total. The fourth-order valence-corrected chi connectivity index (χ4v) is 4.40. The van der Waals surface area contributed by atoms with E-state index in [0.717, 1.165) is 0 Å². The number of aromatic amines is 1. The molecule has 0 spiro atoms. The monoisotopic (exact) mass is 543 g/mol. The van der Waals surface area contributed by atoms with E-state index >= 15 is 0 Å². The second kappa shape index (κ2) is 13.4.